The van der Waals surface area contributed by atoms with Gasteiger partial charge >= 0.3 is 0 Å². The molecule has 1 saturated heterocycles. The summed E-state index contributed by atoms with van der Waals surface area (Å²) in [7, 11) is 0. The lowest BCUT2D eigenvalue weighted by Gasteiger charge is -2.31. The highest BCUT2D eigenvalue weighted by Crippen LogP contribution is 2.28. The second-order valence-electron chi connectivity index (χ2n) is 8.20. The monoisotopic (exact) mass is 437 g/mol. The third-order valence-corrected chi connectivity index (χ3v) is 6.04. The van der Waals surface area contributed by atoms with E-state index in [4.69, 9.17) is 10.5 Å². The molecular formula is C25H31N3O4. The number of amides is 3. The number of carbonyl (C=O) groups is 3. The van der Waals surface area contributed by atoms with Crippen LogP contribution < -0.4 is 15.8 Å². The van der Waals surface area contributed by atoms with Crippen LogP contribution in [0.25, 0.3) is 0 Å². The van der Waals surface area contributed by atoms with Crippen LogP contribution in [0.4, 0.5) is 5.69 Å². The van der Waals surface area contributed by atoms with Gasteiger partial charge in [-0.2, -0.15) is 0 Å². The number of primary amides is 1. The van der Waals surface area contributed by atoms with Gasteiger partial charge in [0, 0.05) is 19.0 Å². The number of benzene rings is 2. The minimum Gasteiger partial charge on any atom is -0.483 e. The summed E-state index contributed by atoms with van der Waals surface area (Å²) in [6, 6.07) is 14.6. The predicted octanol–water partition coefficient (Wildman–Crippen LogP) is 3.56. The fraction of sp³-hybridized carbons (Fsp3) is 0.400. The fourth-order valence-electron chi connectivity index (χ4n) is 3.88. The molecule has 1 aliphatic rings. The van der Waals surface area contributed by atoms with Gasteiger partial charge in [0.25, 0.3) is 11.8 Å². The highest BCUT2D eigenvalue weighted by Gasteiger charge is 2.27. The molecule has 0 radical (unpaired) electrons. The minimum atomic E-state index is -0.336. The third-order valence-electron chi connectivity index (χ3n) is 6.04. The summed E-state index contributed by atoms with van der Waals surface area (Å²) < 4.78 is 5.79. The van der Waals surface area contributed by atoms with E-state index in [2.05, 4.69) is 19.2 Å². The van der Waals surface area contributed by atoms with Gasteiger partial charge in [-0.1, -0.05) is 44.2 Å². The molecule has 1 atom stereocenters. The second-order valence-corrected chi connectivity index (χ2v) is 8.20. The molecule has 0 spiro atoms. The zero-order valence-corrected chi connectivity index (χ0v) is 18.7. The lowest BCUT2D eigenvalue weighted by Crippen LogP contribution is -2.42. The van der Waals surface area contributed by atoms with Crippen LogP contribution in [0.15, 0.2) is 48.5 Å². The molecule has 0 aliphatic carbocycles. The molecule has 3 amide bonds. The number of rotatable bonds is 8. The van der Waals surface area contributed by atoms with E-state index >= 15 is 0 Å². The summed E-state index contributed by atoms with van der Waals surface area (Å²) in [5.74, 6) is -0.00221. The number of hydrogen-bond acceptors (Lipinski definition) is 4. The number of hydrogen-bond donors (Lipinski definition) is 2. The zero-order chi connectivity index (χ0) is 23.1. The normalized spacial score (nSPS) is 15.1. The number of para-hydroxylation sites is 2. The Kier molecular flexibility index (Phi) is 7.87. The van der Waals surface area contributed by atoms with Crippen molar-refractivity contribution in [3.8, 4) is 5.75 Å². The number of piperidine rings is 1. The van der Waals surface area contributed by atoms with Crippen molar-refractivity contribution in [2.24, 2.45) is 11.7 Å². The third kappa shape index (κ3) is 5.66. The maximum Gasteiger partial charge on any atom is 0.262 e. The molecule has 2 aromatic carbocycles. The highest BCUT2D eigenvalue weighted by molar-refractivity contribution is 6.04. The van der Waals surface area contributed by atoms with Crippen LogP contribution in [0.2, 0.25) is 0 Å². The van der Waals surface area contributed by atoms with Crippen molar-refractivity contribution in [3.63, 3.8) is 0 Å². The molecule has 0 bridgehead atoms. The summed E-state index contributed by atoms with van der Waals surface area (Å²) in [5, 5.41) is 2.80. The lowest BCUT2D eigenvalue weighted by molar-refractivity contribution is -0.123. The molecule has 3 N–H and O–H groups in total. The van der Waals surface area contributed by atoms with Crippen molar-refractivity contribution in [1.29, 1.82) is 0 Å². The number of likely N-dealkylation sites (tertiary alicyclic amines) is 1. The van der Waals surface area contributed by atoms with Gasteiger partial charge < -0.3 is 20.7 Å². The molecule has 7 nitrogen and oxygen atoms in total. The van der Waals surface area contributed by atoms with Crippen molar-refractivity contribution in [2.75, 3.05) is 25.0 Å². The summed E-state index contributed by atoms with van der Waals surface area (Å²) in [4.78, 5) is 38.7. The predicted molar refractivity (Wildman–Crippen MR) is 124 cm³/mol. The summed E-state index contributed by atoms with van der Waals surface area (Å²) in [6.45, 7) is 5.00. The Morgan fingerprint density at radius 2 is 1.75 bits per heavy atom. The van der Waals surface area contributed by atoms with Crippen LogP contribution in [-0.4, -0.2) is 42.3 Å². The van der Waals surface area contributed by atoms with Crippen LogP contribution in [0.5, 0.6) is 5.75 Å². The van der Waals surface area contributed by atoms with Crippen LogP contribution in [0, 0.1) is 5.92 Å². The SMILES string of the molecule is CCC(C)c1ccccc1OCC(=O)Nc1ccccc1C(=O)N1CCC(C(N)=O)CC1. The van der Waals surface area contributed by atoms with Crippen molar-refractivity contribution in [1.82, 2.24) is 4.90 Å². The van der Waals surface area contributed by atoms with Gasteiger partial charge in [0.05, 0.1) is 11.3 Å². The van der Waals surface area contributed by atoms with Crippen LogP contribution >= 0.6 is 0 Å². The largest absolute Gasteiger partial charge is 0.483 e. The Balaban J connectivity index is 1.63. The molecule has 0 aromatic heterocycles. The first-order valence-electron chi connectivity index (χ1n) is 11.1. The Bertz CT molecular complexity index is 967. The van der Waals surface area contributed by atoms with E-state index in [9.17, 15) is 14.4 Å². The standard InChI is InChI=1S/C25H31N3O4/c1-3-17(2)19-8-5-7-11-22(19)32-16-23(29)27-21-10-6-4-9-20(21)25(31)28-14-12-18(13-15-28)24(26)30/h4-11,17-18H,3,12-16H2,1-2H3,(H2,26,30)(H,27,29). The quantitative estimate of drug-likeness (QED) is 0.659. The minimum absolute atomic E-state index is 0.153. The summed E-state index contributed by atoms with van der Waals surface area (Å²) in [6.07, 6.45) is 2.08. The second kappa shape index (κ2) is 10.8. The van der Waals surface area contributed by atoms with Crippen molar-refractivity contribution in [2.45, 2.75) is 39.0 Å². The van der Waals surface area contributed by atoms with E-state index in [-0.39, 0.29) is 30.2 Å². The Hall–Kier alpha value is -3.35. The van der Waals surface area contributed by atoms with Crippen LogP contribution in [0.1, 0.15) is 54.9 Å². The first-order chi connectivity index (χ1) is 15.4. The van der Waals surface area contributed by atoms with E-state index in [1.165, 1.54) is 0 Å². The Morgan fingerprint density at radius 3 is 2.44 bits per heavy atom. The molecule has 7 heteroatoms. The molecule has 1 unspecified atom stereocenters. The molecule has 3 rings (SSSR count). The van der Waals surface area contributed by atoms with Gasteiger partial charge in [-0.25, -0.2) is 0 Å². The molecule has 32 heavy (non-hydrogen) atoms. The van der Waals surface area contributed by atoms with Gasteiger partial charge in [-0.05, 0) is 48.9 Å². The van der Waals surface area contributed by atoms with Gasteiger partial charge in [0.1, 0.15) is 5.75 Å². The van der Waals surface area contributed by atoms with Gasteiger partial charge in [-0.15, -0.1) is 0 Å². The fourth-order valence-corrected chi connectivity index (χ4v) is 3.88. The first kappa shape index (κ1) is 23.3. The van der Waals surface area contributed by atoms with E-state index in [1.54, 1.807) is 29.2 Å². The maximum absolute atomic E-state index is 13.0. The molecule has 1 aliphatic heterocycles. The first-order valence-corrected chi connectivity index (χ1v) is 11.1. The number of nitrogens with one attached hydrogen (secondary N) is 1. The van der Waals surface area contributed by atoms with Gasteiger partial charge in [0.2, 0.25) is 5.91 Å². The van der Waals surface area contributed by atoms with Crippen molar-refractivity contribution in [3.05, 3.63) is 59.7 Å². The van der Waals surface area contributed by atoms with E-state index in [0.717, 1.165) is 12.0 Å². The summed E-state index contributed by atoms with van der Waals surface area (Å²) in [5.41, 5.74) is 7.31. The number of carbonyl (C=O) groups excluding carboxylic acids is 3. The van der Waals surface area contributed by atoms with E-state index in [0.29, 0.717) is 48.8 Å². The van der Waals surface area contributed by atoms with Gasteiger partial charge in [0.15, 0.2) is 6.61 Å². The average Bonchev–Trinajstić information content (AvgIpc) is 2.82. The maximum atomic E-state index is 13.0. The smallest absolute Gasteiger partial charge is 0.262 e. The molecule has 170 valence electrons. The van der Waals surface area contributed by atoms with Gasteiger partial charge in [-0.3, -0.25) is 14.4 Å². The molecule has 1 heterocycles. The van der Waals surface area contributed by atoms with Crippen LogP contribution in [-0.2, 0) is 9.59 Å². The summed E-state index contributed by atoms with van der Waals surface area (Å²) >= 11 is 0. The van der Waals surface area contributed by atoms with Crippen molar-refractivity contribution < 1.29 is 19.1 Å². The average molecular weight is 438 g/mol. The Morgan fingerprint density at radius 1 is 1.09 bits per heavy atom. The molecular weight excluding hydrogens is 406 g/mol. The lowest BCUT2D eigenvalue weighted by atomic mass is 9.95. The van der Waals surface area contributed by atoms with Crippen molar-refractivity contribution >= 4 is 23.4 Å². The number of nitrogens with two attached hydrogens (primary N) is 1. The van der Waals surface area contributed by atoms with E-state index < -0.39 is 0 Å². The zero-order valence-electron chi connectivity index (χ0n) is 18.7. The highest BCUT2D eigenvalue weighted by atomic mass is 16.5. The molecule has 2 aromatic rings. The molecule has 0 saturated carbocycles. The van der Waals surface area contributed by atoms with Crippen LogP contribution in [0.3, 0.4) is 0 Å². The Labute approximate surface area is 188 Å². The van der Waals surface area contributed by atoms with E-state index in [1.807, 2.05) is 24.3 Å². The number of anilines is 1. The topological polar surface area (TPSA) is 102 Å². The number of nitrogens with zero attached hydrogens (tertiary/aromatic N) is 1. The molecule has 1 fully saturated rings. The number of ether oxygens (including phenoxy) is 1.